The molecule has 0 aliphatic carbocycles. The molecule has 47 heavy (non-hydrogen) atoms. The fourth-order valence-electron chi connectivity index (χ4n) is 5.37. The SMILES string of the molecule is C[n+]1c2ccc(OC[C@H](O/N=C(\C(=O)N[C@@H]3C(=O)N(OS(=O)(=O)O)C3(C)C)c3csc(N)n3)C(=O)O)cc2cn1CC1CCNCC1. The number of nitrogen functional groups attached to an aromatic ring is 1. The highest BCUT2D eigenvalue weighted by Gasteiger charge is 2.58. The summed E-state index contributed by atoms with van der Waals surface area (Å²) in [4.78, 5) is 47.1. The van der Waals surface area contributed by atoms with Crippen LogP contribution in [-0.4, -0.2) is 93.7 Å². The summed E-state index contributed by atoms with van der Waals surface area (Å²) in [5.41, 5.74) is 4.69. The standard InChI is InChI=1S/C27H34N8O10S2/c1-27(2)22(24(37)35(27)45-47(40,41)42)31-23(36)21(18-14-46-26(28)30-18)32-44-20(25(38)39)13-43-17-4-5-19-16(10-17)12-34(33(19)3)11-15-6-8-29-9-7-15/h4-5,10,12,14-15,20,22,29H,6-9,11,13H2,1-3H3,(H4-,28,30,31,36,38,39,40,41,42)/p+1/b32-21-/t20-,22+/m0/s1. The number of carboxylic acid groups (broad SMARTS) is 1. The van der Waals surface area contributed by atoms with Crippen molar-refractivity contribution >= 4 is 61.3 Å². The number of hydroxylamine groups is 2. The lowest BCUT2D eigenvalue weighted by Crippen LogP contribution is -2.76. The first-order valence-corrected chi connectivity index (χ1v) is 16.7. The van der Waals surface area contributed by atoms with E-state index < -0.39 is 58.2 Å². The number of aliphatic carboxylic acids is 1. The van der Waals surface area contributed by atoms with Crippen LogP contribution in [0.4, 0.5) is 5.13 Å². The number of carbonyl (C=O) groups is 3. The Kier molecular flexibility index (Phi) is 9.68. The summed E-state index contributed by atoms with van der Waals surface area (Å²) >= 11 is 0.970. The molecule has 3 aromatic rings. The third-order valence-electron chi connectivity index (χ3n) is 7.97. The van der Waals surface area contributed by atoms with Crippen molar-refractivity contribution in [3.63, 3.8) is 0 Å². The van der Waals surface area contributed by atoms with Crippen LogP contribution in [0.15, 0.2) is 34.9 Å². The van der Waals surface area contributed by atoms with Gasteiger partial charge < -0.3 is 31.0 Å². The first-order chi connectivity index (χ1) is 22.1. The monoisotopic (exact) mass is 695 g/mol. The molecular formula is C27H35N8O10S2+. The predicted molar refractivity (Wildman–Crippen MR) is 165 cm³/mol. The van der Waals surface area contributed by atoms with Gasteiger partial charge in [-0.1, -0.05) is 5.16 Å². The van der Waals surface area contributed by atoms with Gasteiger partial charge in [0, 0.05) is 11.4 Å². The number of carbonyl (C=O) groups excluding carboxylic acids is 2. The lowest BCUT2D eigenvalue weighted by molar-refractivity contribution is -0.731. The molecule has 254 valence electrons. The molecule has 2 atom stereocenters. The van der Waals surface area contributed by atoms with Crippen LogP contribution in [0.5, 0.6) is 5.75 Å². The highest BCUT2D eigenvalue weighted by molar-refractivity contribution is 7.80. The van der Waals surface area contributed by atoms with E-state index in [-0.39, 0.29) is 10.8 Å². The molecule has 0 radical (unpaired) electrons. The summed E-state index contributed by atoms with van der Waals surface area (Å²) in [5, 5.41) is 22.0. The van der Waals surface area contributed by atoms with Crippen LogP contribution < -0.4 is 25.8 Å². The van der Waals surface area contributed by atoms with E-state index in [1.165, 1.54) is 19.2 Å². The number of carboxylic acids is 1. The third kappa shape index (κ3) is 7.62. The largest absolute Gasteiger partial charge is 0.489 e. The van der Waals surface area contributed by atoms with Crippen LogP contribution in [0.2, 0.25) is 0 Å². The van der Waals surface area contributed by atoms with Crippen molar-refractivity contribution in [3.8, 4) is 5.75 Å². The highest BCUT2D eigenvalue weighted by Crippen LogP contribution is 2.33. The number of thiazole rings is 1. The van der Waals surface area contributed by atoms with Crippen molar-refractivity contribution < 1.29 is 51.0 Å². The number of ether oxygens (including phenoxy) is 1. The van der Waals surface area contributed by atoms with E-state index in [9.17, 15) is 27.9 Å². The lowest BCUT2D eigenvalue weighted by Gasteiger charge is -2.50. The predicted octanol–water partition coefficient (Wildman–Crippen LogP) is -0.403. The Balaban J connectivity index is 1.28. The summed E-state index contributed by atoms with van der Waals surface area (Å²) in [5.74, 6) is -2.46. The van der Waals surface area contributed by atoms with E-state index in [1.54, 1.807) is 12.1 Å². The zero-order valence-corrected chi connectivity index (χ0v) is 27.3. The van der Waals surface area contributed by atoms with Crippen molar-refractivity contribution in [3.05, 3.63) is 35.5 Å². The van der Waals surface area contributed by atoms with Gasteiger partial charge in [0.15, 0.2) is 17.9 Å². The van der Waals surface area contributed by atoms with Crippen molar-refractivity contribution in [2.24, 2.45) is 18.1 Å². The molecule has 0 bridgehead atoms. The van der Waals surface area contributed by atoms with Crippen LogP contribution in [0.25, 0.3) is 10.9 Å². The minimum atomic E-state index is -5.01. The smallest absolute Gasteiger partial charge is 0.418 e. The summed E-state index contributed by atoms with van der Waals surface area (Å²) in [6, 6.07) is 4.06. The molecule has 2 amide bonds. The Bertz CT molecular complexity index is 1820. The first-order valence-electron chi connectivity index (χ1n) is 14.5. The molecule has 6 N–H and O–H groups in total. The molecule has 0 spiro atoms. The van der Waals surface area contributed by atoms with Crippen LogP contribution in [0, 0.1) is 5.92 Å². The second-order valence-corrected chi connectivity index (χ2v) is 13.5. The maximum atomic E-state index is 13.3. The van der Waals surface area contributed by atoms with Gasteiger partial charge in [0.1, 0.15) is 24.1 Å². The van der Waals surface area contributed by atoms with Crippen LogP contribution in [-0.2, 0) is 47.5 Å². The zero-order chi connectivity index (χ0) is 34.1. The molecule has 2 aliphatic heterocycles. The van der Waals surface area contributed by atoms with Crippen molar-refractivity contribution in [2.45, 2.75) is 50.9 Å². The number of nitrogens with one attached hydrogen (secondary N) is 2. The van der Waals surface area contributed by atoms with Crippen LogP contribution >= 0.6 is 11.3 Å². The van der Waals surface area contributed by atoms with E-state index in [0.717, 1.165) is 54.7 Å². The molecule has 1 aromatic carbocycles. The number of benzene rings is 1. The molecule has 5 rings (SSSR count). The number of nitrogens with two attached hydrogens (primary N) is 1. The number of aryl methyl sites for hydroxylation is 1. The summed E-state index contributed by atoms with van der Waals surface area (Å²) < 4.78 is 45.4. The Morgan fingerprint density at radius 2 is 2.04 bits per heavy atom. The number of piperidine rings is 1. The van der Waals surface area contributed by atoms with Gasteiger partial charge in [-0.3, -0.25) is 14.1 Å². The molecule has 0 saturated carbocycles. The minimum absolute atomic E-state index is 0.0692. The Morgan fingerprint density at radius 3 is 2.66 bits per heavy atom. The second-order valence-electron chi connectivity index (χ2n) is 11.6. The Morgan fingerprint density at radius 1 is 1.32 bits per heavy atom. The van der Waals surface area contributed by atoms with Gasteiger partial charge in [0.05, 0.1) is 23.7 Å². The molecule has 2 saturated heterocycles. The Hall–Kier alpha value is -4.37. The Labute approximate surface area is 272 Å². The molecule has 4 heterocycles. The summed E-state index contributed by atoms with van der Waals surface area (Å²) in [7, 11) is -3.03. The van der Waals surface area contributed by atoms with Gasteiger partial charge in [0.25, 0.3) is 17.9 Å². The fourth-order valence-corrected chi connectivity index (χ4v) is 6.37. The van der Waals surface area contributed by atoms with Gasteiger partial charge in [0.2, 0.25) is 5.52 Å². The molecule has 2 aliphatic rings. The molecule has 0 unspecified atom stereocenters. The van der Waals surface area contributed by atoms with Crippen LogP contribution in [0.1, 0.15) is 32.4 Å². The maximum absolute atomic E-state index is 13.3. The third-order valence-corrected chi connectivity index (χ3v) is 8.99. The van der Waals surface area contributed by atoms with E-state index in [0.29, 0.717) is 16.7 Å². The highest BCUT2D eigenvalue weighted by atomic mass is 32.3. The number of aromatic nitrogens is 3. The van der Waals surface area contributed by atoms with Crippen LogP contribution in [0.3, 0.4) is 0 Å². The zero-order valence-electron chi connectivity index (χ0n) is 25.7. The van der Waals surface area contributed by atoms with Crippen molar-refractivity contribution in [1.82, 2.24) is 25.4 Å². The molecule has 18 nitrogen and oxygen atoms in total. The molecular weight excluding hydrogens is 660 g/mol. The van der Waals surface area contributed by atoms with Gasteiger partial charge >= 0.3 is 16.4 Å². The number of oxime groups is 1. The quantitative estimate of drug-likeness (QED) is 0.0503. The normalized spacial score (nSPS) is 19.3. The molecule has 20 heteroatoms. The number of nitrogens with zero attached hydrogens (tertiary/aromatic N) is 5. The van der Waals surface area contributed by atoms with Gasteiger partial charge in [-0.2, -0.15) is 18.2 Å². The number of amides is 2. The minimum Gasteiger partial charge on any atom is -0.489 e. The fraction of sp³-hybridized carbons (Fsp3) is 0.481. The number of fused-ring (bicyclic) bond motifs is 1. The second kappa shape index (κ2) is 13.4. The summed E-state index contributed by atoms with van der Waals surface area (Å²) in [6.45, 7) is 5.14. The summed E-state index contributed by atoms with van der Waals surface area (Å²) in [6.07, 6.45) is 2.56. The van der Waals surface area contributed by atoms with Gasteiger partial charge in [-0.15, -0.1) is 20.3 Å². The van der Waals surface area contributed by atoms with E-state index in [1.807, 2.05) is 19.3 Å². The first kappa shape index (κ1) is 34.0. The molecule has 2 fully saturated rings. The van der Waals surface area contributed by atoms with E-state index in [4.69, 9.17) is 19.9 Å². The van der Waals surface area contributed by atoms with Gasteiger partial charge in [-0.05, 0) is 57.8 Å². The average molecular weight is 696 g/mol. The molecule has 2 aromatic heterocycles. The maximum Gasteiger partial charge on any atom is 0.418 e. The number of rotatable bonds is 13. The number of anilines is 1. The number of β-lactam (4-membered cyclic amide) rings is 1. The van der Waals surface area contributed by atoms with Gasteiger partial charge in [-0.25, -0.2) is 9.78 Å². The van der Waals surface area contributed by atoms with E-state index in [2.05, 4.69) is 34.4 Å². The van der Waals surface area contributed by atoms with Crippen molar-refractivity contribution in [2.75, 3.05) is 25.4 Å². The lowest BCUT2D eigenvalue weighted by atomic mass is 9.84. The average Bonchev–Trinajstić information content (AvgIpc) is 3.57. The number of hydrogen-bond donors (Lipinski definition) is 5. The van der Waals surface area contributed by atoms with Crippen molar-refractivity contribution in [1.29, 1.82) is 0 Å². The van der Waals surface area contributed by atoms with E-state index >= 15 is 0 Å². The number of hydrogen-bond acceptors (Lipinski definition) is 13. The topological polar surface area (TPSA) is 241 Å².